The molecule has 3 atom stereocenters. The van der Waals surface area contributed by atoms with Crippen LogP contribution >= 0.6 is 0 Å². The minimum atomic E-state index is -2.45. The molecule has 1 aliphatic rings. The van der Waals surface area contributed by atoms with E-state index in [1.165, 1.54) is 6.07 Å². The van der Waals surface area contributed by atoms with E-state index in [0.29, 0.717) is 10.8 Å². The molecular formula is C19H18O8. The number of hydrogen-bond acceptors (Lipinski definition) is 8. The topological polar surface area (TPSA) is 130 Å². The highest BCUT2D eigenvalue weighted by atomic mass is 16.7. The van der Waals surface area contributed by atoms with Crippen LogP contribution in [0.2, 0.25) is 0 Å². The van der Waals surface area contributed by atoms with Crippen LogP contribution in [-0.2, 0) is 4.74 Å². The molecule has 0 bridgehead atoms. The van der Waals surface area contributed by atoms with Crippen LogP contribution in [0.5, 0.6) is 5.75 Å². The second-order valence-electron chi connectivity index (χ2n) is 6.55. The lowest BCUT2D eigenvalue weighted by molar-refractivity contribution is -0.352. The molecule has 3 unspecified atom stereocenters. The Labute approximate surface area is 152 Å². The number of fused-ring (bicyclic) bond motifs is 3. The van der Waals surface area contributed by atoms with E-state index in [4.69, 9.17) is 13.9 Å². The fourth-order valence-corrected chi connectivity index (χ4v) is 3.24. The van der Waals surface area contributed by atoms with Crippen LogP contribution in [0.3, 0.4) is 0 Å². The molecule has 0 spiro atoms. The van der Waals surface area contributed by atoms with Gasteiger partial charge in [-0.2, -0.15) is 0 Å². The van der Waals surface area contributed by atoms with Crippen molar-refractivity contribution in [2.75, 3.05) is 6.61 Å². The molecule has 4 rings (SSSR count). The summed E-state index contributed by atoms with van der Waals surface area (Å²) in [6.45, 7) is -0.504. The SMILES string of the molecule is O=c1oc2cc(OC3OC(CO)C(O)CC3(O)O)ccc2c2ccccc12. The maximum absolute atomic E-state index is 12.1. The molecule has 1 aliphatic heterocycles. The summed E-state index contributed by atoms with van der Waals surface area (Å²) in [5.74, 6) is -2.28. The third-order valence-corrected chi connectivity index (χ3v) is 4.63. The Morgan fingerprint density at radius 2 is 1.85 bits per heavy atom. The number of benzene rings is 2. The van der Waals surface area contributed by atoms with Crippen molar-refractivity contribution in [2.45, 2.75) is 30.7 Å². The van der Waals surface area contributed by atoms with Gasteiger partial charge in [-0.05, 0) is 23.6 Å². The molecule has 2 heterocycles. The van der Waals surface area contributed by atoms with Crippen molar-refractivity contribution in [3.63, 3.8) is 0 Å². The van der Waals surface area contributed by atoms with Crippen molar-refractivity contribution in [3.8, 4) is 5.75 Å². The molecule has 0 amide bonds. The fourth-order valence-electron chi connectivity index (χ4n) is 3.24. The van der Waals surface area contributed by atoms with Crippen molar-refractivity contribution in [1.29, 1.82) is 0 Å². The van der Waals surface area contributed by atoms with Gasteiger partial charge in [-0.3, -0.25) is 0 Å². The monoisotopic (exact) mass is 374 g/mol. The second kappa shape index (κ2) is 6.59. The third-order valence-electron chi connectivity index (χ3n) is 4.63. The minimum absolute atomic E-state index is 0.173. The van der Waals surface area contributed by atoms with E-state index in [-0.39, 0.29) is 11.3 Å². The van der Waals surface area contributed by atoms with Crippen LogP contribution in [0.15, 0.2) is 51.7 Å². The van der Waals surface area contributed by atoms with Gasteiger partial charge in [0.15, 0.2) is 0 Å². The van der Waals surface area contributed by atoms with Crippen LogP contribution in [0, 0.1) is 0 Å². The van der Waals surface area contributed by atoms with E-state index < -0.39 is 42.9 Å². The highest BCUT2D eigenvalue weighted by Crippen LogP contribution is 2.31. The summed E-state index contributed by atoms with van der Waals surface area (Å²) in [6.07, 6.45) is -4.24. The van der Waals surface area contributed by atoms with E-state index in [1.54, 1.807) is 30.3 Å². The maximum Gasteiger partial charge on any atom is 0.344 e. The highest BCUT2D eigenvalue weighted by molar-refractivity contribution is 6.04. The van der Waals surface area contributed by atoms with Crippen LogP contribution < -0.4 is 10.4 Å². The highest BCUT2D eigenvalue weighted by Gasteiger charge is 2.48. The van der Waals surface area contributed by atoms with Gasteiger partial charge in [-0.1, -0.05) is 18.2 Å². The second-order valence-corrected chi connectivity index (χ2v) is 6.55. The third kappa shape index (κ3) is 3.18. The maximum atomic E-state index is 12.1. The quantitative estimate of drug-likeness (QED) is 0.296. The lowest BCUT2D eigenvalue weighted by Crippen LogP contribution is -2.59. The minimum Gasteiger partial charge on any atom is -0.459 e. The standard InChI is InChI=1S/C19H18O8/c20-9-16-14(21)8-19(23,24)18(27-16)25-10-5-6-12-11-3-1-2-4-13(11)17(22)26-15(12)7-10/h1-7,14,16,18,20-21,23-24H,8-9H2. The van der Waals surface area contributed by atoms with Crippen molar-refractivity contribution in [2.24, 2.45) is 0 Å². The van der Waals surface area contributed by atoms with Gasteiger partial charge in [-0.15, -0.1) is 0 Å². The average molecular weight is 374 g/mol. The number of aliphatic hydroxyl groups excluding tert-OH is 2. The molecule has 0 saturated carbocycles. The lowest BCUT2D eigenvalue weighted by atomic mass is 10.00. The first-order valence-electron chi connectivity index (χ1n) is 8.40. The van der Waals surface area contributed by atoms with Gasteiger partial charge in [0.2, 0.25) is 5.79 Å². The first-order valence-corrected chi connectivity index (χ1v) is 8.40. The molecular weight excluding hydrogens is 356 g/mol. The molecule has 2 aromatic carbocycles. The van der Waals surface area contributed by atoms with E-state index in [0.717, 1.165) is 5.39 Å². The summed E-state index contributed by atoms with van der Waals surface area (Å²) in [6, 6.07) is 11.7. The van der Waals surface area contributed by atoms with Crippen molar-refractivity contribution >= 4 is 21.7 Å². The predicted molar refractivity (Wildman–Crippen MR) is 94.2 cm³/mol. The van der Waals surface area contributed by atoms with Crippen molar-refractivity contribution < 1.29 is 34.3 Å². The van der Waals surface area contributed by atoms with Gasteiger partial charge < -0.3 is 34.3 Å². The molecule has 8 nitrogen and oxygen atoms in total. The van der Waals surface area contributed by atoms with Gasteiger partial charge in [0.1, 0.15) is 17.4 Å². The summed E-state index contributed by atoms with van der Waals surface area (Å²) in [4.78, 5) is 12.1. The molecule has 1 aromatic heterocycles. The molecule has 27 heavy (non-hydrogen) atoms. The van der Waals surface area contributed by atoms with E-state index in [1.807, 2.05) is 6.07 Å². The molecule has 1 saturated heterocycles. The van der Waals surface area contributed by atoms with Crippen molar-refractivity contribution in [1.82, 2.24) is 0 Å². The van der Waals surface area contributed by atoms with Crippen molar-refractivity contribution in [3.05, 3.63) is 52.9 Å². The van der Waals surface area contributed by atoms with Gasteiger partial charge in [0, 0.05) is 17.9 Å². The van der Waals surface area contributed by atoms with Crippen LogP contribution in [-0.4, -0.2) is 51.3 Å². The predicted octanol–water partition coefficient (Wildman–Crippen LogP) is 0.474. The van der Waals surface area contributed by atoms with Crippen LogP contribution in [0.25, 0.3) is 21.7 Å². The first-order chi connectivity index (χ1) is 12.9. The Morgan fingerprint density at radius 3 is 2.59 bits per heavy atom. The Hall–Kier alpha value is -2.49. The molecule has 4 N–H and O–H groups in total. The number of aliphatic hydroxyl groups is 4. The summed E-state index contributed by atoms with van der Waals surface area (Å²) in [5, 5.41) is 41.0. The Kier molecular flexibility index (Phi) is 4.37. The Bertz CT molecular complexity index is 1040. The van der Waals surface area contributed by atoms with Gasteiger partial charge in [0.25, 0.3) is 6.29 Å². The lowest BCUT2D eigenvalue weighted by Gasteiger charge is -2.40. The normalized spacial score (nSPS) is 25.0. The molecule has 142 valence electrons. The largest absolute Gasteiger partial charge is 0.459 e. The molecule has 3 aromatic rings. The zero-order valence-electron chi connectivity index (χ0n) is 14.1. The van der Waals surface area contributed by atoms with E-state index in [2.05, 4.69) is 0 Å². The fraction of sp³-hybridized carbons (Fsp3) is 0.316. The Balaban J connectivity index is 1.70. The van der Waals surface area contributed by atoms with Crippen LogP contribution in [0.1, 0.15) is 6.42 Å². The molecule has 0 aliphatic carbocycles. The smallest absolute Gasteiger partial charge is 0.344 e. The van der Waals surface area contributed by atoms with Gasteiger partial charge in [-0.25, -0.2) is 4.79 Å². The molecule has 8 heteroatoms. The van der Waals surface area contributed by atoms with Gasteiger partial charge >= 0.3 is 5.63 Å². The number of hydrogen-bond donors (Lipinski definition) is 4. The zero-order valence-corrected chi connectivity index (χ0v) is 14.1. The molecule has 1 fully saturated rings. The summed E-state index contributed by atoms with van der Waals surface area (Å²) in [5.41, 5.74) is -0.224. The van der Waals surface area contributed by atoms with E-state index >= 15 is 0 Å². The summed E-state index contributed by atoms with van der Waals surface area (Å²) < 4.78 is 16.1. The van der Waals surface area contributed by atoms with Gasteiger partial charge in [0.05, 0.1) is 18.1 Å². The number of ether oxygens (including phenoxy) is 2. The first kappa shape index (κ1) is 17.9. The summed E-state index contributed by atoms with van der Waals surface area (Å²) >= 11 is 0. The summed E-state index contributed by atoms with van der Waals surface area (Å²) in [7, 11) is 0. The molecule has 0 radical (unpaired) electrons. The average Bonchev–Trinajstić information content (AvgIpc) is 2.63. The number of rotatable bonds is 3. The van der Waals surface area contributed by atoms with Crippen LogP contribution in [0.4, 0.5) is 0 Å². The zero-order chi connectivity index (χ0) is 19.2. The Morgan fingerprint density at radius 1 is 1.11 bits per heavy atom. The van der Waals surface area contributed by atoms with E-state index in [9.17, 15) is 25.2 Å².